The third kappa shape index (κ3) is 6.66. The van der Waals surface area contributed by atoms with Crippen LogP contribution in [-0.4, -0.2) is 50.8 Å². The van der Waals surface area contributed by atoms with Crippen molar-refractivity contribution in [2.45, 2.75) is 12.7 Å². The Morgan fingerprint density at radius 3 is 2.64 bits per heavy atom. The quantitative estimate of drug-likeness (QED) is 0.469. The van der Waals surface area contributed by atoms with Crippen molar-refractivity contribution in [2.75, 3.05) is 20.3 Å². The van der Waals surface area contributed by atoms with Crippen LogP contribution in [0.1, 0.15) is 5.56 Å². The fourth-order valence-electron chi connectivity index (χ4n) is 2.73. The van der Waals surface area contributed by atoms with Crippen LogP contribution in [-0.2, 0) is 19.1 Å². The molecule has 0 saturated carbocycles. The minimum Gasteiger partial charge on any atom is -0.493 e. The van der Waals surface area contributed by atoms with Crippen LogP contribution in [0.15, 0.2) is 48.5 Å². The highest BCUT2D eigenvalue weighted by Gasteiger charge is 2.28. The molecule has 1 atom stereocenters. The smallest absolute Gasteiger partial charge is 0.387 e. The molecule has 0 aromatic heterocycles. The van der Waals surface area contributed by atoms with Gasteiger partial charge in [-0.2, -0.15) is 8.78 Å². The average Bonchev–Trinajstić information content (AvgIpc) is 2.81. The molecule has 0 fully saturated rings. The number of benzene rings is 2. The van der Waals surface area contributed by atoms with Gasteiger partial charge in [0.2, 0.25) is 6.10 Å². The summed E-state index contributed by atoms with van der Waals surface area (Å²) in [6.45, 7) is -3.80. The Labute approximate surface area is 186 Å². The molecule has 1 unspecified atom stereocenters. The molecule has 11 heteroatoms. The second-order valence-corrected chi connectivity index (χ2v) is 6.51. The van der Waals surface area contributed by atoms with Crippen molar-refractivity contribution in [3.8, 4) is 23.0 Å². The third-order valence-electron chi connectivity index (χ3n) is 4.22. The van der Waals surface area contributed by atoms with Gasteiger partial charge in [-0.25, -0.2) is 4.79 Å². The van der Waals surface area contributed by atoms with Gasteiger partial charge in [0.05, 0.1) is 7.11 Å². The normalized spacial score (nSPS) is 14.6. The molecule has 2 amide bonds. The van der Waals surface area contributed by atoms with E-state index in [1.807, 2.05) is 0 Å². The van der Waals surface area contributed by atoms with Crippen molar-refractivity contribution < 1.29 is 46.8 Å². The van der Waals surface area contributed by atoms with Gasteiger partial charge in [0.1, 0.15) is 6.61 Å². The van der Waals surface area contributed by atoms with Gasteiger partial charge in [0.25, 0.3) is 11.8 Å². The Kier molecular flexibility index (Phi) is 7.79. The lowest BCUT2D eigenvalue weighted by Crippen LogP contribution is -2.47. The number of carbonyl (C=O) groups excluding carboxylic acids is 3. The molecule has 1 N–H and O–H groups in total. The summed E-state index contributed by atoms with van der Waals surface area (Å²) in [6, 6.07) is 10.8. The number of rotatable bonds is 8. The highest BCUT2D eigenvalue weighted by molar-refractivity contribution is 5.99. The first-order valence-corrected chi connectivity index (χ1v) is 9.55. The topological polar surface area (TPSA) is 109 Å². The van der Waals surface area contributed by atoms with Gasteiger partial charge in [-0.1, -0.05) is 18.2 Å². The van der Waals surface area contributed by atoms with E-state index in [1.54, 1.807) is 24.3 Å². The molecule has 0 aliphatic carbocycles. The highest BCUT2D eigenvalue weighted by Crippen LogP contribution is 2.31. The van der Waals surface area contributed by atoms with Crippen molar-refractivity contribution >= 4 is 23.9 Å². The number of fused-ring (bicyclic) bond motifs is 1. The molecule has 33 heavy (non-hydrogen) atoms. The van der Waals surface area contributed by atoms with Crippen LogP contribution in [0.4, 0.5) is 8.78 Å². The molecule has 0 spiro atoms. The van der Waals surface area contributed by atoms with E-state index in [9.17, 15) is 23.2 Å². The molecule has 174 valence electrons. The van der Waals surface area contributed by atoms with Gasteiger partial charge in [-0.15, -0.1) is 0 Å². The number of hydrogen-bond acceptors (Lipinski definition) is 8. The Hall–Kier alpha value is -4.15. The highest BCUT2D eigenvalue weighted by atomic mass is 19.3. The Morgan fingerprint density at radius 1 is 1.15 bits per heavy atom. The van der Waals surface area contributed by atoms with E-state index >= 15 is 0 Å². The number of esters is 1. The molecule has 0 radical (unpaired) electrons. The molecular weight excluding hydrogens is 444 g/mol. The van der Waals surface area contributed by atoms with Gasteiger partial charge in [0.15, 0.2) is 29.6 Å². The van der Waals surface area contributed by atoms with E-state index in [4.69, 9.17) is 18.9 Å². The summed E-state index contributed by atoms with van der Waals surface area (Å²) in [6.07, 6.45) is 1.31. The van der Waals surface area contributed by atoms with Crippen LogP contribution < -0.4 is 24.3 Å². The average molecular weight is 463 g/mol. The molecule has 0 saturated heterocycles. The molecule has 9 nitrogen and oxygen atoms in total. The lowest BCUT2D eigenvalue weighted by molar-refractivity contribution is -0.146. The van der Waals surface area contributed by atoms with Crippen LogP contribution in [0.5, 0.6) is 23.0 Å². The molecule has 1 aliphatic heterocycles. The van der Waals surface area contributed by atoms with E-state index in [0.29, 0.717) is 17.1 Å². The van der Waals surface area contributed by atoms with E-state index < -0.39 is 37.1 Å². The lowest BCUT2D eigenvalue weighted by atomic mass is 10.2. The number of halogens is 2. The van der Waals surface area contributed by atoms with E-state index in [2.05, 4.69) is 10.1 Å². The van der Waals surface area contributed by atoms with Crippen molar-refractivity contribution in [1.82, 2.24) is 5.32 Å². The van der Waals surface area contributed by atoms with E-state index in [1.165, 1.54) is 31.4 Å². The first-order chi connectivity index (χ1) is 15.9. The second kappa shape index (κ2) is 10.9. The molecule has 1 heterocycles. The fraction of sp³-hybridized carbons (Fsp3) is 0.227. The van der Waals surface area contributed by atoms with E-state index in [-0.39, 0.29) is 18.1 Å². The van der Waals surface area contributed by atoms with Crippen LogP contribution in [0.2, 0.25) is 0 Å². The van der Waals surface area contributed by atoms with Crippen molar-refractivity contribution in [3.63, 3.8) is 0 Å². The van der Waals surface area contributed by atoms with E-state index in [0.717, 1.165) is 6.08 Å². The van der Waals surface area contributed by atoms with Crippen molar-refractivity contribution in [2.24, 2.45) is 0 Å². The summed E-state index contributed by atoms with van der Waals surface area (Å²) in [5.41, 5.74) is 0.430. The first kappa shape index (κ1) is 23.5. The maximum absolute atomic E-state index is 12.4. The van der Waals surface area contributed by atoms with Crippen LogP contribution in [0.25, 0.3) is 6.08 Å². The standard InChI is InChI=1S/C22H19F2NO8/c1-29-17-10-13(6-8-16(17)33-22(23)24)7-9-20(27)31-12-19(26)25-21(28)18-11-30-14-4-2-3-5-15(14)32-18/h2-10,18,22H,11-12H2,1H3,(H,25,26,28)/b9-7+. The molecule has 2 aromatic carbocycles. The number of carbonyl (C=O) groups is 3. The monoisotopic (exact) mass is 463 g/mol. The van der Waals surface area contributed by atoms with Crippen LogP contribution >= 0.6 is 0 Å². The van der Waals surface area contributed by atoms with Crippen molar-refractivity contribution in [1.29, 1.82) is 0 Å². The molecule has 2 aromatic rings. The summed E-state index contributed by atoms with van der Waals surface area (Å²) in [5, 5.41) is 2.07. The van der Waals surface area contributed by atoms with Crippen molar-refractivity contribution in [3.05, 3.63) is 54.1 Å². The second-order valence-electron chi connectivity index (χ2n) is 6.51. The maximum Gasteiger partial charge on any atom is 0.387 e. The number of para-hydroxylation sites is 2. The molecular formula is C22H19F2NO8. The number of imide groups is 1. The SMILES string of the molecule is COc1cc(/C=C/C(=O)OCC(=O)NC(=O)C2COc3ccccc3O2)ccc1OC(F)F. The summed E-state index contributed by atoms with van der Waals surface area (Å²) < 4.78 is 49.7. The Balaban J connectivity index is 1.46. The molecule has 1 aliphatic rings. The zero-order chi connectivity index (χ0) is 23.8. The Morgan fingerprint density at radius 2 is 1.91 bits per heavy atom. The van der Waals surface area contributed by atoms with Gasteiger partial charge in [0, 0.05) is 6.08 Å². The summed E-state index contributed by atoms with van der Waals surface area (Å²) in [4.78, 5) is 35.9. The zero-order valence-electron chi connectivity index (χ0n) is 17.3. The Bertz CT molecular complexity index is 1060. The summed E-state index contributed by atoms with van der Waals surface area (Å²) in [5.74, 6) is -1.71. The molecule has 3 rings (SSSR count). The minimum atomic E-state index is -3.01. The minimum absolute atomic E-state index is 0.0419. The van der Waals surface area contributed by atoms with Crippen LogP contribution in [0.3, 0.4) is 0 Å². The predicted molar refractivity (Wildman–Crippen MR) is 109 cm³/mol. The van der Waals surface area contributed by atoms with Crippen LogP contribution in [0, 0.1) is 0 Å². The number of alkyl halides is 2. The number of ether oxygens (including phenoxy) is 5. The number of hydrogen-bond donors (Lipinski definition) is 1. The number of nitrogens with one attached hydrogen (secondary N) is 1. The first-order valence-electron chi connectivity index (χ1n) is 9.55. The van der Waals surface area contributed by atoms with Gasteiger partial charge >= 0.3 is 12.6 Å². The zero-order valence-corrected chi connectivity index (χ0v) is 17.3. The lowest BCUT2D eigenvalue weighted by Gasteiger charge is -2.25. The number of methoxy groups -OCH3 is 1. The third-order valence-corrected chi connectivity index (χ3v) is 4.22. The number of amides is 2. The maximum atomic E-state index is 12.4. The molecule has 0 bridgehead atoms. The summed E-state index contributed by atoms with van der Waals surface area (Å²) >= 11 is 0. The predicted octanol–water partition coefficient (Wildman–Crippen LogP) is 2.34. The van der Waals surface area contributed by atoms with Gasteiger partial charge < -0.3 is 23.7 Å². The summed E-state index contributed by atoms with van der Waals surface area (Å²) in [7, 11) is 1.28. The largest absolute Gasteiger partial charge is 0.493 e. The van der Waals surface area contributed by atoms with Gasteiger partial charge in [-0.05, 0) is 35.9 Å². The fourth-order valence-corrected chi connectivity index (χ4v) is 2.73. The van der Waals surface area contributed by atoms with Gasteiger partial charge in [-0.3, -0.25) is 14.9 Å².